The molecule has 21 heavy (non-hydrogen) atoms. The molecule has 6 nitrogen and oxygen atoms in total. The van der Waals surface area contributed by atoms with E-state index < -0.39 is 5.60 Å². The van der Waals surface area contributed by atoms with Crippen molar-refractivity contribution in [2.24, 2.45) is 13.0 Å². The standard InChI is InChI=1S/C15H26N4O2/c1-15(2,3)21-14(20)19-8-6-12(11-19)9-16-10-13-5-7-17-18(13)4/h5,7,12,16H,6,8-11H2,1-4H3/t12-/m0/s1. The van der Waals surface area contributed by atoms with Crippen molar-refractivity contribution in [3.63, 3.8) is 0 Å². The molecular formula is C15H26N4O2. The van der Waals surface area contributed by atoms with Gasteiger partial charge < -0.3 is 15.0 Å². The van der Waals surface area contributed by atoms with Crippen LogP contribution in [0.5, 0.6) is 0 Å². The molecule has 1 aliphatic rings. The Labute approximate surface area is 126 Å². The molecule has 2 rings (SSSR count). The molecule has 0 unspecified atom stereocenters. The summed E-state index contributed by atoms with van der Waals surface area (Å²) in [6, 6.07) is 2.01. The van der Waals surface area contributed by atoms with Gasteiger partial charge in [-0.1, -0.05) is 0 Å². The van der Waals surface area contributed by atoms with Crippen LogP contribution in [-0.2, 0) is 18.3 Å². The number of likely N-dealkylation sites (tertiary alicyclic amines) is 1. The first-order valence-corrected chi connectivity index (χ1v) is 7.50. The smallest absolute Gasteiger partial charge is 0.410 e. The van der Waals surface area contributed by atoms with Gasteiger partial charge in [0.2, 0.25) is 0 Å². The van der Waals surface area contributed by atoms with Crippen molar-refractivity contribution < 1.29 is 9.53 Å². The Morgan fingerprint density at radius 2 is 2.29 bits per heavy atom. The maximum Gasteiger partial charge on any atom is 0.410 e. The summed E-state index contributed by atoms with van der Waals surface area (Å²) >= 11 is 0. The van der Waals surface area contributed by atoms with E-state index in [0.29, 0.717) is 5.92 Å². The van der Waals surface area contributed by atoms with Crippen LogP contribution in [0.3, 0.4) is 0 Å². The fraction of sp³-hybridized carbons (Fsp3) is 0.733. The highest BCUT2D eigenvalue weighted by Crippen LogP contribution is 2.19. The second kappa shape index (κ2) is 6.47. The number of aryl methyl sites for hydroxylation is 1. The molecule has 118 valence electrons. The van der Waals surface area contributed by atoms with Crippen LogP contribution in [0, 0.1) is 5.92 Å². The number of aromatic nitrogens is 2. The van der Waals surface area contributed by atoms with E-state index in [2.05, 4.69) is 10.4 Å². The number of hydrogen-bond donors (Lipinski definition) is 1. The van der Waals surface area contributed by atoms with E-state index in [4.69, 9.17) is 4.74 Å². The molecule has 1 amide bonds. The maximum absolute atomic E-state index is 12.0. The SMILES string of the molecule is Cn1nccc1CNC[C@@H]1CCN(C(=O)OC(C)(C)C)C1. The lowest BCUT2D eigenvalue weighted by atomic mass is 10.1. The first kappa shape index (κ1) is 15.8. The van der Waals surface area contributed by atoms with Crippen molar-refractivity contribution in [1.29, 1.82) is 0 Å². The van der Waals surface area contributed by atoms with Crippen molar-refractivity contribution in [3.05, 3.63) is 18.0 Å². The van der Waals surface area contributed by atoms with E-state index in [1.165, 1.54) is 0 Å². The summed E-state index contributed by atoms with van der Waals surface area (Å²) in [5, 5.41) is 7.58. The molecule has 1 saturated heterocycles. The molecule has 0 aliphatic carbocycles. The summed E-state index contributed by atoms with van der Waals surface area (Å²) in [5.74, 6) is 0.491. The molecule has 0 spiro atoms. The molecule has 1 aliphatic heterocycles. The van der Waals surface area contributed by atoms with E-state index in [1.807, 2.05) is 43.5 Å². The largest absolute Gasteiger partial charge is 0.444 e. The van der Waals surface area contributed by atoms with Crippen LogP contribution in [0.15, 0.2) is 12.3 Å². The molecule has 1 atom stereocenters. The van der Waals surface area contributed by atoms with Gasteiger partial charge in [0, 0.05) is 39.4 Å². The number of hydrogen-bond acceptors (Lipinski definition) is 4. The molecule has 1 aromatic heterocycles. The molecule has 1 aromatic rings. The highest BCUT2D eigenvalue weighted by atomic mass is 16.6. The third kappa shape index (κ3) is 4.74. The van der Waals surface area contributed by atoms with Gasteiger partial charge in [0.25, 0.3) is 0 Å². The van der Waals surface area contributed by atoms with Gasteiger partial charge in [-0.15, -0.1) is 0 Å². The predicted molar refractivity (Wildman–Crippen MR) is 80.8 cm³/mol. The minimum absolute atomic E-state index is 0.198. The van der Waals surface area contributed by atoms with Crippen molar-refractivity contribution >= 4 is 6.09 Å². The number of nitrogens with zero attached hydrogens (tertiary/aromatic N) is 3. The van der Waals surface area contributed by atoms with E-state index in [9.17, 15) is 4.79 Å². The summed E-state index contributed by atoms with van der Waals surface area (Å²) in [6.45, 7) is 8.96. The highest BCUT2D eigenvalue weighted by Gasteiger charge is 2.29. The summed E-state index contributed by atoms with van der Waals surface area (Å²) in [6.07, 6.45) is 2.63. The molecule has 0 radical (unpaired) electrons. The molecule has 1 fully saturated rings. The van der Waals surface area contributed by atoms with Crippen LogP contribution in [0.4, 0.5) is 4.79 Å². The topological polar surface area (TPSA) is 59.4 Å². The van der Waals surface area contributed by atoms with E-state index >= 15 is 0 Å². The Kier molecular flexibility index (Phi) is 4.88. The van der Waals surface area contributed by atoms with Crippen LogP contribution < -0.4 is 5.32 Å². The zero-order valence-corrected chi connectivity index (χ0v) is 13.4. The first-order chi connectivity index (χ1) is 9.85. The average Bonchev–Trinajstić information content (AvgIpc) is 2.97. The molecule has 1 N–H and O–H groups in total. The number of amides is 1. The van der Waals surface area contributed by atoms with Crippen molar-refractivity contribution in [3.8, 4) is 0 Å². The first-order valence-electron chi connectivity index (χ1n) is 7.50. The van der Waals surface area contributed by atoms with Gasteiger partial charge in [0.15, 0.2) is 0 Å². The van der Waals surface area contributed by atoms with Gasteiger partial charge in [-0.05, 0) is 39.2 Å². The molecular weight excluding hydrogens is 268 g/mol. The van der Waals surface area contributed by atoms with Crippen LogP contribution in [0.25, 0.3) is 0 Å². The lowest BCUT2D eigenvalue weighted by Crippen LogP contribution is -2.36. The molecule has 0 bridgehead atoms. The van der Waals surface area contributed by atoms with Gasteiger partial charge in [-0.2, -0.15) is 5.10 Å². The Morgan fingerprint density at radius 3 is 2.90 bits per heavy atom. The Bertz CT molecular complexity index is 478. The van der Waals surface area contributed by atoms with E-state index in [0.717, 1.165) is 38.3 Å². The van der Waals surface area contributed by atoms with Crippen LogP contribution in [-0.4, -0.2) is 46.0 Å². The fourth-order valence-corrected chi connectivity index (χ4v) is 2.47. The third-order valence-corrected chi connectivity index (χ3v) is 3.60. The Morgan fingerprint density at radius 1 is 1.52 bits per heavy atom. The lowest BCUT2D eigenvalue weighted by molar-refractivity contribution is 0.0288. The lowest BCUT2D eigenvalue weighted by Gasteiger charge is -2.24. The van der Waals surface area contributed by atoms with E-state index in [1.54, 1.807) is 6.20 Å². The average molecular weight is 294 g/mol. The molecule has 2 heterocycles. The number of ether oxygens (including phenoxy) is 1. The zero-order chi connectivity index (χ0) is 15.5. The normalized spacial score (nSPS) is 19.0. The van der Waals surface area contributed by atoms with Crippen molar-refractivity contribution in [2.75, 3.05) is 19.6 Å². The van der Waals surface area contributed by atoms with Crippen molar-refractivity contribution in [2.45, 2.75) is 39.3 Å². The van der Waals surface area contributed by atoms with Gasteiger partial charge in [-0.25, -0.2) is 4.79 Å². The fourth-order valence-electron chi connectivity index (χ4n) is 2.47. The Hall–Kier alpha value is -1.56. The highest BCUT2D eigenvalue weighted by molar-refractivity contribution is 5.68. The van der Waals surface area contributed by atoms with Gasteiger partial charge >= 0.3 is 6.09 Å². The predicted octanol–water partition coefficient (Wildman–Crippen LogP) is 1.77. The van der Waals surface area contributed by atoms with Crippen LogP contribution in [0.2, 0.25) is 0 Å². The van der Waals surface area contributed by atoms with Crippen LogP contribution in [0.1, 0.15) is 32.9 Å². The van der Waals surface area contributed by atoms with Gasteiger partial charge in [-0.3, -0.25) is 4.68 Å². The molecule has 6 heteroatoms. The zero-order valence-electron chi connectivity index (χ0n) is 13.4. The summed E-state index contributed by atoms with van der Waals surface area (Å²) in [7, 11) is 1.94. The second-order valence-corrected chi connectivity index (χ2v) is 6.66. The minimum Gasteiger partial charge on any atom is -0.444 e. The number of rotatable bonds is 4. The summed E-state index contributed by atoms with van der Waals surface area (Å²) < 4.78 is 7.27. The van der Waals surface area contributed by atoms with Gasteiger partial charge in [0.05, 0.1) is 5.69 Å². The van der Waals surface area contributed by atoms with Crippen LogP contribution >= 0.6 is 0 Å². The third-order valence-electron chi connectivity index (χ3n) is 3.60. The molecule has 0 saturated carbocycles. The van der Waals surface area contributed by atoms with Crippen molar-refractivity contribution in [1.82, 2.24) is 20.0 Å². The van der Waals surface area contributed by atoms with Gasteiger partial charge in [0.1, 0.15) is 5.60 Å². The summed E-state index contributed by atoms with van der Waals surface area (Å²) in [4.78, 5) is 13.8. The maximum atomic E-state index is 12.0. The minimum atomic E-state index is -0.424. The van der Waals surface area contributed by atoms with E-state index in [-0.39, 0.29) is 6.09 Å². The second-order valence-electron chi connectivity index (χ2n) is 6.66. The Balaban J connectivity index is 1.70. The molecule has 0 aromatic carbocycles. The monoisotopic (exact) mass is 294 g/mol. The summed E-state index contributed by atoms with van der Waals surface area (Å²) in [5.41, 5.74) is 0.740. The number of nitrogens with one attached hydrogen (secondary N) is 1. The number of carbonyl (C=O) groups is 1. The number of carbonyl (C=O) groups excluding carboxylic acids is 1. The quantitative estimate of drug-likeness (QED) is 0.919.